The van der Waals surface area contributed by atoms with Crippen molar-refractivity contribution in [3.63, 3.8) is 0 Å². The van der Waals surface area contributed by atoms with Gasteiger partial charge in [0.25, 0.3) is 5.56 Å². The van der Waals surface area contributed by atoms with E-state index in [0.29, 0.717) is 5.75 Å². The van der Waals surface area contributed by atoms with Crippen molar-refractivity contribution in [2.75, 3.05) is 6.61 Å². The van der Waals surface area contributed by atoms with E-state index in [1.807, 2.05) is 0 Å². The van der Waals surface area contributed by atoms with Crippen molar-refractivity contribution in [3.8, 4) is 11.4 Å². The minimum atomic E-state index is -0.874. The minimum Gasteiger partial charge on any atom is -0.491 e. The lowest BCUT2D eigenvalue weighted by atomic mass is 10.2. The molecule has 0 amide bonds. The molecule has 1 heterocycles. The molecule has 0 atom stereocenters. The summed E-state index contributed by atoms with van der Waals surface area (Å²) >= 11 is 0. The van der Waals surface area contributed by atoms with Crippen LogP contribution in [0, 0.1) is 0 Å². The molecule has 0 saturated heterocycles. The second-order valence-corrected chi connectivity index (χ2v) is 4.88. The smallest absolute Gasteiger partial charge is 0.273 e. The van der Waals surface area contributed by atoms with E-state index in [1.165, 1.54) is 10.8 Å². The van der Waals surface area contributed by atoms with Gasteiger partial charge in [0.1, 0.15) is 12.4 Å². The molecule has 0 radical (unpaired) electrons. The standard InChI is InChI=1S/C14H16N2O3/c1-14(2,18)10-19-12-5-3-11(4-6-12)16-8-7-15-9-13(16)17/h3-9,18H,10H2,1-2H3. The normalized spacial score (nSPS) is 11.3. The molecule has 0 aliphatic carbocycles. The minimum absolute atomic E-state index is 0.187. The molecule has 1 N–H and O–H groups in total. The fourth-order valence-electron chi connectivity index (χ4n) is 1.52. The van der Waals surface area contributed by atoms with Gasteiger partial charge in [0.05, 0.1) is 11.8 Å². The van der Waals surface area contributed by atoms with Gasteiger partial charge in [-0.15, -0.1) is 0 Å². The maximum atomic E-state index is 11.6. The molecule has 1 aromatic carbocycles. The quantitative estimate of drug-likeness (QED) is 0.902. The molecule has 0 saturated carbocycles. The largest absolute Gasteiger partial charge is 0.491 e. The zero-order valence-electron chi connectivity index (χ0n) is 10.9. The molecule has 5 nitrogen and oxygen atoms in total. The Morgan fingerprint density at radius 2 is 2.00 bits per heavy atom. The Balaban J connectivity index is 2.15. The van der Waals surface area contributed by atoms with Crippen LogP contribution in [0.3, 0.4) is 0 Å². The first-order valence-electron chi connectivity index (χ1n) is 5.94. The van der Waals surface area contributed by atoms with Crippen LogP contribution in [0.4, 0.5) is 0 Å². The number of hydrogen-bond donors (Lipinski definition) is 1. The predicted molar refractivity (Wildman–Crippen MR) is 71.6 cm³/mol. The van der Waals surface area contributed by atoms with E-state index in [1.54, 1.807) is 50.5 Å². The summed E-state index contributed by atoms with van der Waals surface area (Å²) in [7, 11) is 0. The highest BCUT2D eigenvalue weighted by Gasteiger charge is 2.13. The van der Waals surface area contributed by atoms with E-state index in [-0.39, 0.29) is 12.2 Å². The van der Waals surface area contributed by atoms with Gasteiger partial charge >= 0.3 is 0 Å². The highest BCUT2D eigenvalue weighted by Crippen LogP contribution is 2.15. The highest BCUT2D eigenvalue weighted by atomic mass is 16.5. The lowest BCUT2D eigenvalue weighted by molar-refractivity contribution is 0.0285. The monoisotopic (exact) mass is 260 g/mol. The van der Waals surface area contributed by atoms with Gasteiger partial charge in [-0.25, -0.2) is 0 Å². The van der Waals surface area contributed by atoms with E-state index in [9.17, 15) is 9.90 Å². The molecule has 0 aliphatic heterocycles. The van der Waals surface area contributed by atoms with Crippen molar-refractivity contribution in [1.29, 1.82) is 0 Å². The first-order valence-corrected chi connectivity index (χ1v) is 5.94. The number of hydrogen-bond acceptors (Lipinski definition) is 4. The van der Waals surface area contributed by atoms with Gasteiger partial charge in [-0.3, -0.25) is 14.3 Å². The van der Waals surface area contributed by atoms with Crippen LogP contribution in [-0.4, -0.2) is 26.9 Å². The van der Waals surface area contributed by atoms with Gasteiger partial charge in [0.15, 0.2) is 0 Å². The second kappa shape index (κ2) is 5.24. The number of ether oxygens (including phenoxy) is 1. The number of rotatable bonds is 4. The van der Waals surface area contributed by atoms with Crippen LogP contribution in [0.25, 0.3) is 5.69 Å². The van der Waals surface area contributed by atoms with Crippen LogP contribution in [0.1, 0.15) is 13.8 Å². The van der Waals surface area contributed by atoms with E-state index in [2.05, 4.69) is 4.98 Å². The van der Waals surface area contributed by atoms with E-state index >= 15 is 0 Å². The maximum absolute atomic E-state index is 11.6. The van der Waals surface area contributed by atoms with Gasteiger partial charge in [0, 0.05) is 18.1 Å². The summed E-state index contributed by atoms with van der Waals surface area (Å²) in [6, 6.07) is 7.07. The fraction of sp³-hybridized carbons (Fsp3) is 0.286. The molecule has 0 aliphatic rings. The predicted octanol–water partition coefficient (Wildman–Crippen LogP) is 1.38. The number of nitrogens with zero attached hydrogens (tertiary/aromatic N) is 2. The van der Waals surface area contributed by atoms with Crippen LogP contribution in [0.5, 0.6) is 5.75 Å². The van der Waals surface area contributed by atoms with Crippen molar-refractivity contribution in [3.05, 3.63) is 53.2 Å². The van der Waals surface area contributed by atoms with Gasteiger partial charge in [0.2, 0.25) is 0 Å². The maximum Gasteiger partial charge on any atom is 0.273 e. The molecule has 0 bridgehead atoms. The van der Waals surface area contributed by atoms with Crippen molar-refractivity contribution < 1.29 is 9.84 Å². The lowest BCUT2D eigenvalue weighted by Gasteiger charge is -2.17. The molecular formula is C14H16N2O3. The van der Waals surface area contributed by atoms with Crippen molar-refractivity contribution in [2.24, 2.45) is 0 Å². The molecule has 1 aromatic heterocycles. The van der Waals surface area contributed by atoms with Crippen LogP contribution >= 0.6 is 0 Å². The Morgan fingerprint density at radius 3 is 2.58 bits per heavy atom. The Morgan fingerprint density at radius 1 is 1.32 bits per heavy atom. The zero-order valence-corrected chi connectivity index (χ0v) is 10.9. The lowest BCUT2D eigenvalue weighted by Crippen LogP contribution is -2.27. The first kappa shape index (κ1) is 13.3. The van der Waals surface area contributed by atoms with Crippen LogP contribution in [0.15, 0.2) is 47.7 Å². The average Bonchev–Trinajstić information content (AvgIpc) is 2.37. The van der Waals surface area contributed by atoms with Gasteiger partial charge in [-0.05, 0) is 38.1 Å². The summed E-state index contributed by atoms with van der Waals surface area (Å²) in [5.74, 6) is 0.646. The van der Waals surface area contributed by atoms with E-state index in [0.717, 1.165) is 5.69 Å². The summed E-state index contributed by atoms with van der Waals surface area (Å²) < 4.78 is 6.93. The van der Waals surface area contributed by atoms with E-state index in [4.69, 9.17) is 4.74 Å². The Kier molecular flexibility index (Phi) is 3.66. The molecule has 0 fully saturated rings. The molecular weight excluding hydrogens is 244 g/mol. The van der Waals surface area contributed by atoms with Crippen molar-refractivity contribution >= 4 is 0 Å². The Labute approximate surface area is 111 Å². The number of benzene rings is 1. The molecule has 2 aromatic rings. The van der Waals surface area contributed by atoms with Crippen LogP contribution in [-0.2, 0) is 0 Å². The number of aromatic nitrogens is 2. The zero-order chi connectivity index (χ0) is 13.9. The third kappa shape index (κ3) is 3.66. The fourth-order valence-corrected chi connectivity index (χ4v) is 1.52. The number of aliphatic hydroxyl groups is 1. The van der Waals surface area contributed by atoms with Crippen molar-refractivity contribution in [1.82, 2.24) is 9.55 Å². The first-order chi connectivity index (χ1) is 8.96. The van der Waals surface area contributed by atoms with Crippen LogP contribution < -0.4 is 10.3 Å². The third-order valence-corrected chi connectivity index (χ3v) is 2.43. The summed E-state index contributed by atoms with van der Waals surface area (Å²) in [6.07, 6.45) is 4.42. The Bertz CT molecular complexity index is 597. The summed E-state index contributed by atoms with van der Waals surface area (Å²) in [5.41, 5.74) is -0.323. The second-order valence-electron chi connectivity index (χ2n) is 4.88. The SMILES string of the molecule is CC(C)(O)COc1ccc(-n2ccncc2=O)cc1. The molecule has 0 unspecified atom stereocenters. The van der Waals surface area contributed by atoms with Gasteiger partial charge in [-0.2, -0.15) is 0 Å². The average molecular weight is 260 g/mol. The summed E-state index contributed by atoms with van der Waals surface area (Å²) in [4.78, 5) is 15.4. The van der Waals surface area contributed by atoms with E-state index < -0.39 is 5.60 Å². The van der Waals surface area contributed by atoms with Crippen molar-refractivity contribution in [2.45, 2.75) is 19.4 Å². The summed E-state index contributed by atoms with van der Waals surface area (Å²) in [5, 5.41) is 9.57. The molecule has 2 rings (SSSR count). The van der Waals surface area contributed by atoms with Gasteiger partial charge in [-0.1, -0.05) is 0 Å². The Hall–Kier alpha value is -2.14. The third-order valence-electron chi connectivity index (χ3n) is 2.43. The molecule has 100 valence electrons. The van der Waals surface area contributed by atoms with Gasteiger partial charge < -0.3 is 9.84 Å². The molecule has 5 heteroatoms. The molecule has 19 heavy (non-hydrogen) atoms. The molecule has 0 spiro atoms. The topological polar surface area (TPSA) is 64.3 Å². The van der Waals surface area contributed by atoms with Crippen LogP contribution in [0.2, 0.25) is 0 Å². The highest BCUT2D eigenvalue weighted by molar-refractivity contribution is 5.37. The summed E-state index contributed by atoms with van der Waals surface area (Å²) in [6.45, 7) is 3.57.